The van der Waals surface area contributed by atoms with Crippen LogP contribution in [0.4, 0.5) is 5.69 Å². The monoisotopic (exact) mass is 454 g/mol. The second kappa shape index (κ2) is 7.97. The first-order chi connectivity index (χ1) is 14.3. The summed E-state index contributed by atoms with van der Waals surface area (Å²) in [5.41, 5.74) is 0.996. The summed E-state index contributed by atoms with van der Waals surface area (Å²) >= 11 is 0. The molecule has 2 aliphatic rings. The SMILES string of the molecule is COc1ccc(N2CCCCS2(=O)=O)cc1S(=O)(=O)NCc1ccc2c(c1)OCO2. The number of sulfonamides is 2. The molecule has 2 aliphatic heterocycles. The lowest BCUT2D eigenvalue weighted by Gasteiger charge is -2.28. The molecule has 0 aromatic heterocycles. The molecule has 4 rings (SSSR count). The summed E-state index contributed by atoms with van der Waals surface area (Å²) in [7, 11) is -6.09. The van der Waals surface area contributed by atoms with Crippen molar-refractivity contribution < 1.29 is 31.0 Å². The quantitative estimate of drug-likeness (QED) is 0.709. The van der Waals surface area contributed by atoms with Gasteiger partial charge in [0.1, 0.15) is 10.6 Å². The van der Waals surface area contributed by atoms with Crippen molar-refractivity contribution in [3.63, 3.8) is 0 Å². The fourth-order valence-corrected chi connectivity index (χ4v) is 6.25. The number of hydrogen-bond acceptors (Lipinski definition) is 7. The van der Waals surface area contributed by atoms with Crippen LogP contribution in [0, 0.1) is 0 Å². The molecule has 0 unspecified atom stereocenters. The maximum Gasteiger partial charge on any atom is 0.244 e. The van der Waals surface area contributed by atoms with E-state index in [-0.39, 0.29) is 29.7 Å². The third-order valence-corrected chi connectivity index (χ3v) is 8.27. The Morgan fingerprint density at radius 2 is 1.90 bits per heavy atom. The summed E-state index contributed by atoms with van der Waals surface area (Å²) in [5.74, 6) is 1.34. The second-order valence-electron chi connectivity index (χ2n) is 6.94. The van der Waals surface area contributed by atoms with Gasteiger partial charge in [-0.1, -0.05) is 6.07 Å². The van der Waals surface area contributed by atoms with Crippen LogP contribution >= 0.6 is 0 Å². The maximum atomic E-state index is 13.0. The molecule has 1 saturated heterocycles. The minimum atomic E-state index is -3.98. The van der Waals surface area contributed by atoms with Crippen LogP contribution in [0.15, 0.2) is 41.3 Å². The van der Waals surface area contributed by atoms with Gasteiger partial charge in [0.05, 0.1) is 18.6 Å². The lowest BCUT2D eigenvalue weighted by molar-refractivity contribution is 0.174. The topological polar surface area (TPSA) is 111 Å². The molecular weight excluding hydrogens is 432 g/mol. The number of benzene rings is 2. The molecule has 0 saturated carbocycles. The Morgan fingerprint density at radius 1 is 1.10 bits per heavy atom. The average molecular weight is 455 g/mol. The van der Waals surface area contributed by atoms with Crippen molar-refractivity contribution in [2.24, 2.45) is 0 Å². The summed E-state index contributed by atoms with van der Waals surface area (Å²) in [6.07, 6.45) is 1.31. The van der Waals surface area contributed by atoms with Crippen LogP contribution in [-0.2, 0) is 26.6 Å². The average Bonchev–Trinajstić information content (AvgIpc) is 3.19. The largest absolute Gasteiger partial charge is 0.495 e. The second-order valence-corrected chi connectivity index (χ2v) is 10.7. The smallest absolute Gasteiger partial charge is 0.244 e. The van der Waals surface area contributed by atoms with Gasteiger partial charge in [-0.05, 0) is 48.7 Å². The van der Waals surface area contributed by atoms with E-state index in [9.17, 15) is 16.8 Å². The molecule has 2 heterocycles. The fourth-order valence-electron chi connectivity index (χ4n) is 3.42. The third kappa shape index (κ3) is 4.05. The van der Waals surface area contributed by atoms with Crippen molar-refractivity contribution in [1.29, 1.82) is 0 Å². The molecule has 0 radical (unpaired) electrons. The molecule has 1 fully saturated rings. The number of ether oxygens (including phenoxy) is 3. The number of methoxy groups -OCH3 is 1. The Kier molecular flexibility index (Phi) is 5.51. The summed E-state index contributed by atoms with van der Waals surface area (Å²) in [5, 5.41) is 0. The van der Waals surface area contributed by atoms with Gasteiger partial charge < -0.3 is 14.2 Å². The lowest BCUT2D eigenvalue weighted by Crippen LogP contribution is -2.38. The van der Waals surface area contributed by atoms with Gasteiger partial charge in [-0.3, -0.25) is 4.31 Å². The van der Waals surface area contributed by atoms with Gasteiger partial charge in [0.15, 0.2) is 11.5 Å². The lowest BCUT2D eigenvalue weighted by atomic mass is 10.2. The number of rotatable bonds is 6. The zero-order valence-corrected chi connectivity index (χ0v) is 18.0. The van der Waals surface area contributed by atoms with Crippen molar-refractivity contribution in [1.82, 2.24) is 4.72 Å². The van der Waals surface area contributed by atoms with Gasteiger partial charge in [-0.2, -0.15) is 0 Å². The molecule has 0 atom stereocenters. The van der Waals surface area contributed by atoms with Crippen molar-refractivity contribution >= 4 is 25.7 Å². The van der Waals surface area contributed by atoms with Gasteiger partial charge in [0.25, 0.3) is 0 Å². The Hall–Kier alpha value is -2.50. The molecule has 0 spiro atoms. The summed E-state index contributed by atoms with van der Waals surface area (Å²) in [4.78, 5) is -0.121. The Bertz CT molecular complexity index is 1160. The highest BCUT2D eigenvalue weighted by Crippen LogP contribution is 2.34. The molecule has 30 heavy (non-hydrogen) atoms. The minimum Gasteiger partial charge on any atom is -0.495 e. The van der Waals surface area contributed by atoms with Crippen LogP contribution in [0.3, 0.4) is 0 Å². The maximum absolute atomic E-state index is 13.0. The van der Waals surface area contributed by atoms with Crippen molar-refractivity contribution in [3.05, 3.63) is 42.0 Å². The first-order valence-electron chi connectivity index (χ1n) is 9.37. The molecule has 0 aliphatic carbocycles. The highest BCUT2D eigenvalue weighted by atomic mass is 32.2. The van der Waals surface area contributed by atoms with E-state index in [1.165, 1.54) is 23.5 Å². The van der Waals surface area contributed by atoms with Crippen LogP contribution in [0.25, 0.3) is 0 Å². The van der Waals surface area contributed by atoms with Gasteiger partial charge >= 0.3 is 0 Å². The van der Waals surface area contributed by atoms with E-state index in [4.69, 9.17) is 14.2 Å². The van der Waals surface area contributed by atoms with Crippen molar-refractivity contribution in [3.8, 4) is 17.2 Å². The first-order valence-corrected chi connectivity index (χ1v) is 12.5. The van der Waals surface area contributed by atoms with E-state index in [1.54, 1.807) is 24.3 Å². The third-order valence-electron chi connectivity index (χ3n) is 4.98. The zero-order chi connectivity index (χ0) is 21.4. The summed E-state index contributed by atoms with van der Waals surface area (Å²) in [6.45, 7) is 0.473. The van der Waals surface area contributed by atoms with Crippen LogP contribution in [0.5, 0.6) is 17.2 Å². The van der Waals surface area contributed by atoms with E-state index in [0.29, 0.717) is 35.7 Å². The predicted molar refractivity (Wildman–Crippen MR) is 110 cm³/mol. The number of nitrogens with one attached hydrogen (secondary N) is 1. The number of fused-ring (bicyclic) bond motifs is 1. The molecule has 2 aromatic carbocycles. The summed E-state index contributed by atoms with van der Waals surface area (Å²) in [6, 6.07) is 9.52. The Morgan fingerprint density at radius 3 is 2.67 bits per heavy atom. The molecule has 0 bridgehead atoms. The number of nitrogens with zero attached hydrogens (tertiary/aromatic N) is 1. The molecule has 162 valence electrons. The van der Waals surface area contributed by atoms with E-state index in [1.807, 2.05) is 0 Å². The minimum absolute atomic E-state index is 0.0222. The predicted octanol–water partition coefficient (Wildman–Crippen LogP) is 1.83. The van der Waals surface area contributed by atoms with Gasteiger partial charge in [-0.15, -0.1) is 0 Å². The van der Waals surface area contributed by atoms with E-state index in [0.717, 1.165) is 6.42 Å². The normalized spacial score (nSPS) is 17.7. The fraction of sp³-hybridized carbons (Fsp3) is 0.368. The van der Waals surface area contributed by atoms with Gasteiger partial charge in [0.2, 0.25) is 26.8 Å². The molecule has 2 aromatic rings. The van der Waals surface area contributed by atoms with Crippen LogP contribution in [0.1, 0.15) is 18.4 Å². The van der Waals surface area contributed by atoms with Gasteiger partial charge in [-0.25, -0.2) is 21.6 Å². The van der Waals surface area contributed by atoms with Crippen molar-refractivity contribution in [2.45, 2.75) is 24.3 Å². The number of anilines is 1. The van der Waals surface area contributed by atoms with Crippen LogP contribution in [0.2, 0.25) is 0 Å². The molecule has 9 nitrogen and oxygen atoms in total. The van der Waals surface area contributed by atoms with E-state index >= 15 is 0 Å². The van der Waals surface area contributed by atoms with Crippen molar-refractivity contribution in [2.75, 3.05) is 30.5 Å². The van der Waals surface area contributed by atoms with E-state index in [2.05, 4.69) is 4.72 Å². The van der Waals surface area contributed by atoms with Crippen LogP contribution < -0.4 is 23.2 Å². The Balaban J connectivity index is 1.61. The molecule has 1 N–H and O–H groups in total. The first kappa shape index (κ1) is 20.8. The molecule has 0 amide bonds. The zero-order valence-electron chi connectivity index (χ0n) is 16.3. The molecule has 11 heteroatoms. The van der Waals surface area contributed by atoms with Gasteiger partial charge in [0, 0.05) is 13.1 Å². The standard InChI is InChI=1S/C19H22N2O7S2/c1-26-17-7-5-15(21-8-2-3-9-29(21,22)23)11-19(17)30(24,25)20-12-14-4-6-16-18(10-14)28-13-27-16/h4-7,10-11,20H,2-3,8-9,12-13H2,1H3. The number of hydrogen-bond donors (Lipinski definition) is 1. The highest BCUT2D eigenvalue weighted by molar-refractivity contribution is 7.92. The highest BCUT2D eigenvalue weighted by Gasteiger charge is 2.28. The van der Waals surface area contributed by atoms with Crippen LogP contribution in [-0.4, -0.2) is 43.0 Å². The Labute approximate surface area is 175 Å². The molecular formula is C19H22N2O7S2. The summed E-state index contributed by atoms with van der Waals surface area (Å²) < 4.78 is 70.4. The van der Waals surface area contributed by atoms with E-state index < -0.39 is 20.0 Å².